The monoisotopic (exact) mass is 360 g/mol. The molecule has 0 aliphatic heterocycles. The minimum atomic E-state index is -0.521. The number of aryl methyl sites for hydroxylation is 1. The van der Waals surface area contributed by atoms with E-state index in [4.69, 9.17) is 4.42 Å². The largest absolute Gasteiger partial charge is 0.451 e. The number of carbonyl (C=O) groups is 2. The van der Waals surface area contributed by atoms with Crippen molar-refractivity contribution in [3.8, 4) is 5.69 Å². The van der Waals surface area contributed by atoms with Crippen LogP contribution < -0.4 is 10.9 Å². The molecule has 0 atom stereocenters. The highest BCUT2D eigenvalue weighted by Gasteiger charge is 2.18. The number of benzene rings is 2. The molecule has 0 saturated heterocycles. The van der Waals surface area contributed by atoms with Gasteiger partial charge in [-0.1, -0.05) is 36.4 Å². The van der Waals surface area contributed by atoms with Gasteiger partial charge in [0.05, 0.1) is 17.4 Å². The predicted octanol–water partition coefficient (Wildman–Crippen LogP) is 3.00. The Kier molecular flexibility index (Phi) is 4.18. The number of fused-ring (bicyclic) bond motifs is 1. The minimum absolute atomic E-state index is 0.163. The average Bonchev–Trinajstić information content (AvgIpc) is 3.32. The Labute approximate surface area is 154 Å². The first-order valence-electron chi connectivity index (χ1n) is 8.32. The molecule has 27 heavy (non-hydrogen) atoms. The number of nitrogens with one attached hydrogen (secondary N) is 2. The molecule has 0 fully saturated rings. The fourth-order valence-electron chi connectivity index (χ4n) is 2.80. The first-order valence-corrected chi connectivity index (χ1v) is 8.32. The number of nitrogens with zero attached hydrogens (tertiary/aromatic N) is 2. The van der Waals surface area contributed by atoms with Gasteiger partial charge in [-0.25, -0.2) is 4.68 Å². The van der Waals surface area contributed by atoms with Crippen molar-refractivity contribution in [2.45, 2.75) is 6.92 Å². The molecule has 0 aliphatic rings. The Morgan fingerprint density at radius 3 is 2.44 bits per heavy atom. The molecule has 2 amide bonds. The van der Waals surface area contributed by atoms with Crippen LogP contribution in [0.15, 0.2) is 71.4 Å². The van der Waals surface area contributed by atoms with E-state index in [0.717, 1.165) is 11.1 Å². The van der Waals surface area contributed by atoms with Crippen LogP contribution in [0.1, 0.15) is 26.5 Å². The lowest BCUT2D eigenvalue weighted by Crippen LogP contribution is -2.41. The van der Waals surface area contributed by atoms with Gasteiger partial charge in [0.25, 0.3) is 5.91 Å². The Bertz CT molecular complexity index is 1130. The second kappa shape index (κ2) is 6.80. The highest BCUT2D eigenvalue weighted by molar-refractivity contribution is 6.01. The van der Waals surface area contributed by atoms with Crippen molar-refractivity contribution in [3.05, 3.63) is 83.9 Å². The van der Waals surface area contributed by atoms with E-state index in [1.54, 1.807) is 23.9 Å². The summed E-state index contributed by atoms with van der Waals surface area (Å²) in [7, 11) is 0. The van der Waals surface area contributed by atoms with Gasteiger partial charge < -0.3 is 4.42 Å². The van der Waals surface area contributed by atoms with Crippen LogP contribution in [0.5, 0.6) is 0 Å². The van der Waals surface area contributed by atoms with E-state index in [1.807, 2.05) is 48.5 Å². The van der Waals surface area contributed by atoms with Gasteiger partial charge in [0.15, 0.2) is 5.76 Å². The molecule has 2 heterocycles. The van der Waals surface area contributed by atoms with Gasteiger partial charge in [0, 0.05) is 17.1 Å². The molecule has 4 aromatic rings. The van der Waals surface area contributed by atoms with Crippen LogP contribution >= 0.6 is 0 Å². The SMILES string of the molecule is Cc1c(C(=O)NNC(=O)c2cnn(-c3ccccc3)c2)oc2ccccc12. The first kappa shape index (κ1) is 16.6. The van der Waals surface area contributed by atoms with E-state index >= 15 is 0 Å². The Hall–Kier alpha value is -3.87. The van der Waals surface area contributed by atoms with Gasteiger partial charge in [-0.05, 0) is 25.1 Å². The maximum atomic E-state index is 12.4. The quantitative estimate of drug-likeness (QED) is 0.550. The van der Waals surface area contributed by atoms with Crippen LogP contribution in [0.25, 0.3) is 16.7 Å². The van der Waals surface area contributed by atoms with Crippen LogP contribution in [0, 0.1) is 6.92 Å². The topological polar surface area (TPSA) is 89.2 Å². The molecule has 0 spiro atoms. The van der Waals surface area contributed by atoms with Crippen molar-refractivity contribution in [1.29, 1.82) is 0 Å². The molecule has 134 valence electrons. The number of aromatic nitrogens is 2. The summed E-state index contributed by atoms with van der Waals surface area (Å²) in [6.45, 7) is 1.80. The van der Waals surface area contributed by atoms with E-state index in [1.165, 1.54) is 6.20 Å². The summed E-state index contributed by atoms with van der Waals surface area (Å²) < 4.78 is 7.16. The molecule has 0 unspecified atom stereocenters. The van der Waals surface area contributed by atoms with Crippen LogP contribution in [-0.4, -0.2) is 21.6 Å². The Morgan fingerprint density at radius 1 is 0.963 bits per heavy atom. The molecule has 0 bridgehead atoms. The third-order valence-corrected chi connectivity index (χ3v) is 4.20. The van der Waals surface area contributed by atoms with Crippen molar-refractivity contribution in [3.63, 3.8) is 0 Å². The molecule has 0 radical (unpaired) electrons. The van der Waals surface area contributed by atoms with E-state index in [0.29, 0.717) is 16.7 Å². The minimum Gasteiger partial charge on any atom is -0.451 e. The zero-order chi connectivity index (χ0) is 18.8. The molecule has 2 N–H and O–H groups in total. The molecule has 2 aromatic carbocycles. The van der Waals surface area contributed by atoms with Crippen molar-refractivity contribution >= 4 is 22.8 Å². The van der Waals surface area contributed by atoms with E-state index in [2.05, 4.69) is 16.0 Å². The van der Waals surface area contributed by atoms with E-state index in [9.17, 15) is 9.59 Å². The van der Waals surface area contributed by atoms with Gasteiger partial charge >= 0.3 is 5.91 Å². The maximum absolute atomic E-state index is 12.4. The third kappa shape index (κ3) is 3.18. The van der Waals surface area contributed by atoms with Crippen molar-refractivity contribution in [1.82, 2.24) is 20.6 Å². The number of furan rings is 1. The molecule has 7 heteroatoms. The summed E-state index contributed by atoms with van der Waals surface area (Å²) in [5, 5.41) is 5.02. The third-order valence-electron chi connectivity index (χ3n) is 4.20. The van der Waals surface area contributed by atoms with Gasteiger partial charge in [0.1, 0.15) is 5.58 Å². The number of para-hydroxylation sites is 2. The Morgan fingerprint density at radius 2 is 1.67 bits per heavy atom. The molecule has 7 nitrogen and oxygen atoms in total. The van der Waals surface area contributed by atoms with Crippen molar-refractivity contribution in [2.75, 3.05) is 0 Å². The van der Waals surface area contributed by atoms with Crippen LogP contribution in [0.4, 0.5) is 0 Å². The van der Waals surface area contributed by atoms with Gasteiger partial charge in [-0.2, -0.15) is 5.10 Å². The predicted molar refractivity (Wildman–Crippen MR) is 99.4 cm³/mol. The number of hydrazine groups is 1. The van der Waals surface area contributed by atoms with Crippen LogP contribution in [0.3, 0.4) is 0 Å². The number of carbonyl (C=O) groups excluding carboxylic acids is 2. The lowest BCUT2D eigenvalue weighted by molar-refractivity contribution is 0.0831. The van der Waals surface area contributed by atoms with Gasteiger partial charge in [-0.15, -0.1) is 0 Å². The molecular formula is C20H16N4O3. The normalized spacial score (nSPS) is 10.7. The van der Waals surface area contributed by atoms with Crippen LogP contribution in [0.2, 0.25) is 0 Å². The van der Waals surface area contributed by atoms with Crippen molar-refractivity contribution < 1.29 is 14.0 Å². The molecule has 4 rings (SSSR count). The summed E-state index contributed by atoms with van der Waals surface area (Å²) in [5.41, 5.74) is 7.25. The second-order valence-electron chi connectivity index (χ2n) is 5.97. The Balaban J connectivity index is 1.45. The van der Waals surface area contributed by atoms with E-state index < -0.39 is 11.8 Å². The number of rotatable bonds is 3. The highest BCUT2D eigenvalue weighted by Crippen LogP contribution is 2.24. The smallest absolute Gasteiger partial charge is 0.305 e. The van der Waals surface area contributed by atoms with Gasteiger partial charge in [0.2, 0.25) is 0 Å². The summed E-state index contributed by atoms with van der Waals surface area (Å²) >= 11 is 0. The average molecular weight is 360 g/mol. The summed E-state index contributed by atoms with van der Waals surface area (Å²) in [4.78, 5) is 24.6. The number of hydrogen-bond acceptors (Lipinski definition) is 4. The fourth-order valence-corrected chi connectivity index (χ4v) is 2.80. The molecular weight excluding hydrogens is 344 g/mol. The number of amides is 2. The zero-order valence-corrected chi connectivity index (χ0v) is 14.5. The first-order chi connectivity index (χ1) is 13.1. The standard InChI is InChI=1S/C20H16N4O3/c1-13-16-9-5-6-10-17(16)27-18(13)20(26)23-22-19(25)14-11-21-24(12-14)15-7-3-2-4-8-15/h2-12H,1H3,(H,22,25)(H,23,26). The summed E-state index contributed by atoms with van der Waals surface area (Å²) in [6, 6.07) is 16.8. The zero-order valence-electron chi connectivity index (χ0n) is 14.5. The lowest BCUT2D eigenvalue weighted by atomic mass is 10.1. The fraction of sp³-hybridized carbons (Fsp3) is 0.0500. The highest BCUT2D eigenvalue weighted by atomic mass is 16.3. The summed E-state index contributed by atoms with van der Waals surface area (Å²) in [5.74, 6) is -0.830. The van der Waals surface area contributed by atoms with Gasteiger partial charge in [-0.3, -0.25) is 20.4 Å². The maximum Gasteiger partial charge on any atom is 0.305 e. The second-order valence-corrected chi connectivity index (χ2v) is 5.97. The number of hydrogen-bond donors (Lipinski definition) is 2. The molecule has 0 saturated carbocycles. The van der Waals surface area contributed by atoms with Crippen LogP contribution in [-0.2, 0) is 0 Å². The molecule has 0 aliphatic carbocycles. The molecule has 2 aromatic heterocycles. The summed E-state index contributed by atoms with van der Waals surface area (Å²) in [6.07, 6.45) is 3.02. The van der Waals surface area contributed by atoms with E-state index in [-0.39, 0.29) is 5.76 Å². The van der Waals surface area contributed by atoms with Crippen molar-refractivity contribution in [2.24, 2.45) is 0 Å². The lowest BCUT2D eigenvalue weighted by Gasteiger charge is -2.05.